The van der Waals surface area contributed by atoms with E-state index in [2.05, 4.69) is 20.3 Å². The summed E-state index contributed by atoms with van der Waals surface area (Å²) in [7, 11) is 0. The van der Waals surface area contributed by atoms with Gasteiger partial charge in [-0.1, -0.05) is 5.21 Å². The van der Waals surface area contributed by atoms with Crippen LogP contribution in [0.4, 0.5) is 5.69 Å². The first kappa shape index (κ1) is 15.0. The second-order valence-corrected chi connectivity index (χ2v) is 6.57. The summed E-state index contributed by atoms with van der Waals surface area (Å²) < 4.78 is 3.50. The largest absolute Gasteiger partial charge is 0.399 e. The molecule has 26 heavy (non-hydrogen) atoms. The zero-order valence-electron chi connectivity index (χ0n) is 13.9. The van der Waals surface area contributed by atoms with Crippen molar-refractivity contribution in [2.75, 3.05) is 5.73 Å². The van der Waals surface area contributed by atoms with E-state index in [1.54, 1.807) is 41.7 Å². The van der Waals surface area contributed by atoms with E-state index in [0.29, 0.717) is 23.0 Å². The lowest BCUT2D eigenvalue weighted by atomic mass is 10.1. The van der Waals surface area contributed by atoms with Crippen molar-refractivity contribution in [3.63, 3.8) is 0 Å². The number of fused-ring (bicyclic) bond motifs is 1. The molecule has 4 aromatic rings. The predicted molar refractivity (Wildman–Crippen MR) is 94.8 cm³/mol. The van der Waals surface area contributed by atoms with E-state index < -0.39 is 6.10 Å². The Morgan fingerprint density at radius 2 is 1.96 bits per heavy atom. The smallest absolute Gasteiger partial charge is 0.142 e. The highest BCUT2D eigenvalue weighted by atomic mass is 16.3. The van der Waals surface area contributed by atoms with Gasteiger partial charge in [-0.3, -0.25) is 9.38 Å². The monoisotopic (exact) mass is 347 g/mol. The molecule has 8 nitrogen and oxygen atoms in total. The van der Waals surface area contributed by atoms with Gasteiger partial charge >= 0.3 is 0 Å². The van der Waals surface area contributed by atoms with E-state index >= 15 is 0 Å². The van der Waals surface area contributed by atoms with Crippen LogP contribution in [-0.2, 0) is 0 Å². The molecule has 1 aromatic carbocycles. The van der Waals surface area contributed by atoms with Crippen LogP contribution in [0.2, 0.25) is 0 Å². The first-order chi connectivity index (χ1) is 12.7. The minimum absolute atomic E-state index is 0.388. The molecule has 1 fully saturated rings. The van der Waals surface area contributed by atoms with E-state index in [1.807, 2.05) is 16.5 Å². The molecular weight excluding hydrogens is 330 g/mol. The summed E-state index contributed by atoms with van der Waals surface area (Å²) in [6, 6.07) is 7.31. The van der Waals surface area contributed by atoms with Crippen molar-refractivity contribution in [2.24, 2.45) is 0 Å². The maximum absolute atomic E-state index is 11.0. The Morgan fingerprint density at radius 1 is 1.15 bits per heavy atom. The summed E-state index contributed by atoms with van der Waals surface area (Å²) in [6.07, 6.45) is 8.19. The zero-order valence-corrected chi connectivity index (χ0v) is 13.9. The topological polar surface area (TPSA) is 107 Å². The summed E-state index contributed by atoms with van der Waals surface area (Å²) in [5, 5.41) is 19.4. The molecule has 3 N–H and O–H groups in total. The Balaban J connectivity index is 1.57. The average molecular weight is 347 g/mol. The van der Waals surface area contributed by atoms with Gasteiger partial charge in [-0.05, 0) is 37.1 Å². The first-order valence-corrected chi connectivity index (χ1v) is 8.48. The summed E-state index contributed by atoms with van der Waals surface area (Å²) in [4.78, 5) is 8.75. The Bertz CT molecular complexity index is 1080. The minimum atomic E-state index is -0.932. The van der Waals surface area contributed by atoms with Crippen LogP contribution in [-0.4, -0.2) is 34.5 Å². The molecule has 0 spiro atoms. The SMILES string of the molecule is Nc1ccc(-n2cc(C(O)c3c(C4CC4)ncc4cncn34)nn2)cc1. The van der Waals surface area contributed by atoms with Gasteiger partial charge in [-0.25, -0.2) is 9.67 Å². The fourth-order valence-electron chi connectivity index (χ4n) is 3.17. The van der Waals surface area contributed by atoms with Crippen LogP contribution in [0.3, 0.4) is 0 Å². The van der Waals surface area contributed by atoms with Crippen molar-refractivity contribution in [2.45, 2.75) is 24.9 Å². The normalized spacial score (nSPS) is 15.4. The molecule has 130 valence electrons. The molecule has 0 radical (unpaired) electrons. The molecule has 3 aromatic heterocycles. The van der Waals surface area contributed by atoms with Crippen molar-refractivity contribution in [3.8, 4) is 5.69 Å². The third-order valence-electron chi connectivity index (χ3n) is 4.70. The van der Waals surface area contributed by atoms with Crippen molar-refractivity contribution >= 4 is 11.2 Å². The molecule has 3 heterocycles. The molecule has 0 amide bonds. The predicted octanol–water partition coefficient (Wildman–Crippen LogP) is 1.85. The average Bonchev–Trinajstić information content (AvgIpc) is 3.18. The number of hydrogen-bond donors (Lipinski definition) is 2. The number of aliphatic hydroxyl groups is 1. The van der Waals surface area contributed by atoms with Gasteiger partial charge in [0.2, 0.25) is 0 Å². The van der Waals surface area contributed by atoms with Crippen LogP contribution < -0.4 is 5.73 Å². The Hall–Kier alpha value is -3.26. The number of rotatable bonds is 4. The standard InChI is InChI=1S/C18H17N7O/c19-12-3-5-13(6-4-12)25-9-15(22-23-25)18(26)17-16(11-1-2-11)21-8-14-7-20-10-24(14)17/h3-11,18,26H,1-2,19H2. The molecule has 1 unspecified atom stereocenters. The first-order valence-electron chi connectivity index (χ1n) is 8.48. The van der Waals surface area contributed by atoms with E-state index in [9.17, 15) is 5.11 Å². The van der Waals surface area contributed by atoms with Crippen molar-refractivity contribution in [1.29, 1.82) is 0 Å². The number of nitrogens with zero attached hydrogens (tertiary/aromatic N) is 6. The molecular formula is C18H17N7O. The summed E-state index contributed by atoms with van der Waals surface area (Å²) in [5.41, 5.74) is 10.2. The van der Waals surface area contributed by atoms with Gasteiger partial charge in [-0.2, -0.15) is 0 Å². The summed E-state index contributed by atoms with van der Waals surface area (Å²) in [5.74, 6) is 0.388. The van der Waals surface area contributed by atoms with E-state index in [1.165, 1.54) is 0 Å². The molecule has 1 saturated carbocycles. The van der Waals surface area contributed by atoms with Crippen LogP contribution in [0.5, 0.6) is 0 Å². The zero-order chi connectivity index (χ0) is 17.7. The van der Waals surface area contributed by atoms with Gasteiger partial charge in [0.05, 0.1) is 47.5 Å². The van der Waals surface area contributed by atoms with Gasteiger partial charge in [0, 0.05) is 11.6 Å². The van der Waals surface area contributed by atoms with Crippen LogP contribution in [0.1, 0.15) is 41.9 Å². The lowest BCUT2D eigenvalue weighted by molar-refractivity contribution is 0.206. The third-order valence-corrected chi connectivity index (χ3v) is 4.70. The number of hydrogen-bond acceptors (Lipinski definition) is 6. The molecule has 5 rings (SSSR count). The summed E-state index contributed by atoms with van der Waals surface area (Å²) >= 11 is 0. The number of nitrogen functional groups attached to an aromatic ring is 1. The van der Waals surface area contributed by atoms with Gasteiger partial charge in [0.25, 0.3) is 0 Å². The maximum atomic E-state index is 11.0. The Kier molecular flexibility index (Phi) is 3.26. The maximum Gasteiger partial charge on any atom is 0.142 e. The number of aliphatic hydroxyl groups excluding tert-OH is 1. The Labute approximate surface area is 148 Å². The van der Waals surface area contributed by atoms with E-state index in [4.69, 9.17) is 5.73 Å². The molecule has 0 bridgehead atoms. The van der Waals surface area contributed by atoms with Gasteiger partial charge in [-0.15, -0.1) is 5.10 Å². The number of aromatic nitrogens is 6. The fraction of sp³-hybridized carbons (Fsp3) is 0.222. The Morgan fingerprint density at radius 3 is 2.73 bits per heavy atom. The number of anilines is 1. The summed E-state index contributed by atoms with van der Waals surface area (Å²) in [6.45, 7) is 0. The highest BCUT2D eigenvalue weighted by Gasteiger charge is 2.32. The van der Waals surface area contributed by atoms with Crippen LogP contribution in [0.15, 0.2) is 49.2 Å². The molecule has 8 heteroatoms. The molecule has 1 atom stereocenters. The van der Waals surface area contributed by atoms with E-state index in [-0.39, 0.29) is 0 Å². The van der Waals surface area contributed by atoms with Crippen molar-refractivity contribution < 1.29 is 5.11 Å². The number of benzene rings is 1. The lowest BCUT2D eigenvalue weighted by Gasteiger charge is -2.15. The fourth-order valence-corrected chi connectivity index (χ4v) is 3.17. The van der Waals surface area contributed by atoms with Crippen LogP contribution in [0, 0.1) is 0 Å². The highest BCUT2D eigenvalue weighted by Crippen LogP contribution is 2.42. The number of imidazole rings is 1. The van der Waals surface area contributed by atoms with Gasteiger partial charge < -0.3 is 10.8 Å². The quantitative estimate of drug-likeness (QED) is 0.546. The molecule has 1 aliphatic carbocycles. The second kappa shape index (κ2) is 5.63. The van der Waals surface area contributed by atoms with Crippen molar-refractivity contribution in [3.05, 3.63) is 66.3 Å². The van der Waals surface area contributed by atoms with Crippen molar-refractivity contribution in [1.82, 2.24) is 29.4 Å². The minimum Gasteiger partial charge on any atom is -0.399 e. The lowest BCUT2D eigenvalue weighted by Crippen LogP contribution is -2.11. The molecule has 0 aliphatic heterocycles. The van der Waals surface area contributed by atoms with Crippen LogP contribution >= 0.6 is 0 Å². The molecule has 1 aliphatic rings. The highest BCUT2D eigenvalue weighted by molar-refractivity contribution is 5.47. The van der Waals surface area contributed by atoms with Gasteiger partial charge in [0.15, 0.2) is 0 Å². The number of nitrogens with two attached hydrogens (primary N) is 1. The van der Waals surface area contributed by atoms with E-state index in [0.717, 1.165) is 29.7 Å². The molecule has 0 saturated heterocycles. The van der Waals surface area contributed by atoms with Crippen LogP contribution in [0.25, 0.3) is 11.2 Å². The van der Waals surface area contributed by atoms with Gasteiger partial charge in [0.1, 0.15) is 11.8 Å². The second-order valence-electron chi connectivity index (χ2n) is 6.57. The third kappa shape index (κ3) is 2.42.